The first-order chi connectivity index (χ1) is 13.4. The summed E-state index contributed by atoms with van der Waals surface area (Å²) < 4.78 is 16.1. The van der Waals surface area contributed by atoms with Crippen LogP contribution in [0.2, 0.25) is 5.02 Å². The van der Waals surface area contributed by atoms with Crippen molar-refractivity contribution >= 4 is 61.8 Å². The van der Waals surface area contributed by atoms with Crippen LogP contribution in [0.25, 0.3) is 10.9 Å². The van der Waals surface area contributed by atoms with Crippen LogP contribution in [0.1, 0.15) is 13.3 Å². The van der Waals surface area contributed by atoms with Crippen LogP contribution in [0.15, 0.2) is 50.8 Å². The van der Waals surface area contributed by atoms with Gasteiger partial charge in [0.25, 0.3) is 5.56 Å². The van der Waals surface area contributed by atoms with Crippen molar-refractivity contribution in [2.75, 3.05) is 11.1 Å². The maximum absolute atomic E-state index is 13.8. The van der Waals surface area contributed by atoms with Crippen molar-refractivity contribution in [3.8, 4) is 0 Å². The molecule has 0 spiro atoms. The summed E-state index contributed by atoms with van der Waals surface area (Å²) in [5.41, 5.74) is 0.418. The van der Waals surface area contributed by atoms with Crippen molar-refractivity contribution in [1.82, 2.24) is 9.55 Å². The zero-order chi connectivity index (χ0) is 20.3. The average molecular weight is 485 g/mol. The molecular weight excluding hydrogens is 469 g/mol. The zero-order valence-corrected chi connectivity index (χ0v) is 18.0. The summed E-state index contributed by atoms with van der Waals surface area (Å²) in [5, 5.41) is 3.77. The number of nitrogens with one attached hydrogen (secondary N) is 1. The van der Waals surface area contributed by atoms with Crippen molar-refractivity contribution in [2.24, 2.45) is 0 Å². The molecule has 2 aromatic carbocycles. The van der Waals surface area contributed by atoms with Crippen LogP contribution in [0.3, 0.4) is 0 Å². The largest absolute Gasteiger partial charge is 0.323 e. The Bertz CT molecular complexity index is 1110. The number of nitrogens with zero attached hydrogens (tertiary/aromatic N) is 2. The number of carbonyl (C=O) groups is 1. The number of benzene rings is 2. The van der Waals surface area contributed by atoms with Crippen LogP contribution in [0.4, 0.5) is 10.1 Å². The van der Waals surface area contributed by atoms with Crippen LogP contribution in [0, 0.1) is 5.82 Å². The van der Waals surface area contributed by atoms with Gasteiger partial charge >= 0.3 is 0 Å². The zero-order valence-electron chi connectivity index (χ0n) is 14.8. The minimum absolute atomic E-state index is 0.0142. The molecule has 0 fully saturated rings. The number of carbonyl (C=O) groups excluding carboxylic acids is 1. The van der Waals surface area contributed by atoms with Crippen LogP contribution >= 0.6 is 39.3 Å². The van der Waals surface area contributed by atoms with E-state index in [2.05, 4.69) is 26.2 Å². The summed E-state index contributed by atoms with van der Waals surface area (Å²) in [6, 6.07) is 9.23. The monoisotopic (exact) mass is 483 g/mol. The summed E-state index contributed by atoms with van der Waals surface area (Å²) in [7, 11) is 0. The number of rotatable bonds is 6. The highest BCUT2D eigenvalue weighted by molar-refractivity contribution is 9.10. The maximum Gasteiger partial charge on any atom is 0.262 e. The Hall–Kier alpha value is -1.90. The minimum atomic E-state index is -0.569. The molecule has 0 saturated heterocycles. The molecule has 9 heteroatoms. The third-order valence-electron chi connectivity index (χ3n) is 3.86. The van der Waals surface area contributed by atoms with Crippen molar-refractivity contribution in [1.29, 1.82) is 0 Å². The van der Waals surface area contributed by atoms with Gasteiger partial charge in [0, 0.05) is 16.0 Å². The van der Waals surface area contributed by atoms with Crippen molar-refractivity contribution < 1.29 is 9.18 Å². The van der Waals surface area contributed by atoms with Gasteiger partial charge < -0.3 is 5.32 Å². The van der Waals surface area contributed by atoms with Gasteiger partial charge in [-0.15, -0.1) is 0 Å². The smallest absolute Gasteiger partial charge is 0.262 e. The van der Waals surface area contributed by atoms with E-state index in [1.54, 1.807) is 16.7 Å². The number of halogens is 3. The van der Waals surface area contributed by atoms with Crippen LogP contribution in [0.5, 0.6) is 0 Å². The third-order valence-corrected chi connectivity index (χ3v) is 5.57. The lowest BCUT2D eigenvalue weighted by Gasteiger charge is -2.12. The standard InChI is InChI=1S/C19H16BrClFN3O2S/c1-2-7-25-18(27)13-8-11(20)3-6-15(13)24-19(25)28-10-17(26)23-16-9-12(21)4-5-14(16)22/h3-6,8-9H,2,7,10H2,1H3,(H,23,26). The maximum atomic E-state index is 13.8. The van der Waals surface area contributed by atoms with E-state index in [-0.39, 0.29) is 17.0 Å². The van der Waals surface area contributed by atoms with Crippen molar-refractivity contribution in [3.63, 3.8) is 0 Å². The number of aromatic nitrogens is 2. The summed E-state index contributed by atoms with van der Waals surface area (Å²) in [6.07, 6.45) is 0.745. The quantitative estimate of drug-likeness (QED) is 0.391. The number of amides is 1. The Morgan fingerprint density at radius 2 is 2.11 bits per heavy atom. The number of anilines is 1. The number of hydrogen-bond acceptors (Lipinski definition) is 4. The van der Waals surface area contributed by atoms with Gasteiger partial charge in [-0.3, -0.25) is 14.2 Å². The predicted octanol–water partition coefficient (Wildman–Crippen LogP) is 5.09. The number of fused-ring (bicyclic) bond motifs is 1. The second-order valence-electron chi connectivity index (χ2n) is 5.97. The molecule has 0 aliphatic carbocycles. The first-order valence-corrected chi connectivity index (χ1v) is 10.6. The van der Waals surface area contributed by atoms with Gasteiger partial charge in [0.05, 0.1) is 22.3 Å². The molecule has 3 rings (SSSR count). The van der Waals surface area contributed by atoms with Gasteiger partial charge in [0.2, 0.25) is 5.91 Å². The predicted molar refractivity (Wildman–Crippen MR) is 115 cm³/mol. The fourth-order valence-electron chi connectivity index (χ4n) is 2.61. The first-order valence-electron chi connectivity index (χ1n) is 8.47. The van der Waals surface area contributed by atoms with Gasteiger partial charge in [-0.2, -0.15) is 0 Å². The Balaban J connectivity index is 1.84. The first kappa shape index (κ1) is 20.8. The van der Waals surface area contributed by atoms with Crippen LogP contribution in [-0.2, 0) is 11.3 Å². The van der Waals surface area contributed by atoms with Crippen LogP contribution in [-0.4, -0.2) is 21.2 Å². The molecular formula is C19H16BrClFN3O2S. The third kappa shape index (κ3) is 4.74. The minimum Gasteiger partial charge on any atom is -0.323 e. The molecule has 3 aromatic rings. The van der Waals surface area contributed by atoms with E-state index in [9.17, 15) is 14.0 Å². The Morgan fingerprint density at radius 1 is 1.32 bits per heavy atom. The van der Waals surface area contributed by atoms with Gasteiger partial charge in [0.1, 0.15) is 5.82 Å². The highest BCUT2D eigenvalue weighted by Gasteiger charge is 2.14. The Labute approximate surface area is 178 Å². The van der Waals surface area contributed by atoms with Gasteiger partial charge in [0.15, 0.2) is 5.16 Å². The number of hydrogen-bond donors (Lipinski definition) is 1. The molecule has 28 heavy (non-hydrogen) atoms. The van der Waals surface area contributed by atoms with Crippen LogP contribution < -0.4 is 10.9 Å². The molecule has 1 heterocycles. The second-order valence-corrected chi connectivity index (χ2v) is 8.27. The molecule has 5 nitrogen and oxygen atoms in total. The van der Waals surface area contributed by atoms with Gasteiger partial charge in [-0.05, 0) is 42.8 Å². The van der Waals surface area contributed by atoms with E-state index in [0.717, 1.165) is 22.7 Å². The van der Waals surface area contributed by atoms with Gasteiger partial charge in [-0.1, -0.05) is 46.2 Å². The molecule has 0 unspecified atom stereocenters. The van der Waals surface area contributed by atoms with E-state index < -0.39 is 11.7 Å². The molecule has 0 radical (unpaired) electrons. The highest BCUT2D eigenvalue weighted by Crippen LogP contribution is 2.23. The molecule has 0 aliphatic rings. The number of thioether (sulfide) groups is 1. The van der Waals surface area contributed by atoms with Crippen molar-refractivity contribution in [3.05, 3.63) is 62.1 Å². The summed E-state index contributed by atoms with van der Waals surface area (Å²) in [6.45, 7) is 2.45. The Morgan fingerprint density at radius 3 is 2.86 bits per heavy atom. The van der Waals surface area contributed by atoms with E-state index >= 15 is 0 Å². The topological polar surface area (TPSA) is 64.0 Å². The molecule has 0 atom stereocenters. The van der Waals surface area contributed by atoms with Gasteiger partial charge in [-0.25, -0.2) is 9.37 Å². The molecule has 1 N–H and O–H groups in total. The molecule has 0 saturated carbocycles. The SMILES string of the molecule is CCCn1c(SCC(=O)Nc2cc(Cl)ccc2F)nc2ccc(Br)cc2c1=O. The van der Waals surface area contributed by atoms with Crippen molar-refractivity contribution in [2.45, 2.75) is 25.0 Å². The molecule has 0 aliphatic heterocycles. The van der Waals surface area contributed by atoms with E-state index in [1.165, 1.54) is 18.2 Å². The van der Waals surface area contributed by atoms with E-state index in [1.807, 2.05) is 13.0 Å². The lowest BCUT2D eigenvalue weighted by Crippen LogP contribution is -2.24. The molecule has 1 aromatic heterocycles. The lowest BCUT2D eigenvalue weighted by atomic mass is 10.2. The molecule has 0 bridgehead atoms. The normalized spacial score (nSPS) is 11.0. The molecule has 146 valence electrons. The summed E-state index contributed by atoms with van der Waals surface area (Å²) in [5.74, 6) is -1.01. The average Bonchev–Trinajstić information content (AvgIpc) is 2.66. The lowest BCUT2D eigenvalue weighted by molar-refractivity contribution is -0.113. The Kier molecular flexibility index (Phi) is 6.74. The second kappa shape index (κ2) is 9.07. The fraction of sp³-hybridized carbons (Fsp3) is 0.211. The summed E-state index contributed by atoms with van der Waals surface area (Å²) >= 11 is 10.3. The fourth-order valence-corrected chi connectivity index (χ4v) is 3.97. The van der Waals surface area contributed by atoms with E-state index in [0.29, 0.717) is 27.6 Å². The summed E-state index contributed by atoms with van der Waals surface area (Å²) in [4.78, 5) is 29.6. The molecule has 1 amide bonds. The highest BCUT2D eigenvalue weighted by atomic mass is 79.9. The van der Waals surface area contributed by atoms with E-state index in [4.69, 9.17) is 11.6 Å².